The number of carbonyl (C=O) groups excluding carboxylic acids is 2. The van der Waals surface area contributed by atoms with E-state index < -0.39 is 40.4 Å². The number of nitrogens with zero attached hydrogens (tertiary/aromatic N) is 2. The van der Waals surface area contributed by atoms with Crippen molar-refractivity contribution in [2.75, 3.05) is 11.9 Å². The van der Waals surface area contributed by atoms with Crippen LogP contribution in [0.2, 0.25) is 0 Å². The predicted octanol–water partition coefficient (Wildman–Crippen LogP) is 2.25. The summed E-state index contributed by atoms with van der Waals surface area (Å²) in [6.07, 6.45) is 1.05. The van der Waals surface area contributed by atoms with Crippen molar-refractivity contribution in [3.63, 3.8) is 0 Å². The van der Waals surface area contributed by atoms with Gasteiger partial charge in [-0.2, -0.15) is 0 Å². The molecule has 1 aliphatic rings. The van der Waals surface area contributed by atoms with Crippen molar-refractivity contribution in [1.82, 2.24) is 14.6 Å². The molecule has 8 nitrogen and oxygen atoms in total. The van der Waals surface area contributed by atoms with E-state index in [4.69, 9.17) is 0 Å². The lowest BCUT2D eigenvalue weighted by Gasteiger charge is -2.29. The fraction of sp³-hybridized carbons (Fsp3) is 0.278. The number of carbonyl (C=O) groups is 2. The number of nitrogens with one attached hydrogen (secondary N) is 2. The molecule has 10 heteroatoms. The molecule has 2 N–H and O–H groups in total. The second kappa shape index (κ2) is 7.19. The molecule has 28 heavy (non-hydrogen) atoms. The van der Waals surface area contributed by atoms with E-state index in [1.807, 2.05) is 0 Å². The zero-order chi connectivity index (χ0) is 20.6. The van der Waals surface area contributed by atoms with Gasteiger partial charge in [0.1, 0.15) is 17.3 Å². The van der Waals surface area contributed by atoms with Gasteiger partial charge in [0.2, 0.25) is 5.91 Å². The minimum absolute atomic E-state index is 0.0359. The summed E-state index contributed by atoms with van der Waals surface area (Å²) in [4.78, 5) is 28.5. The fourth-order valence-corrected chi connectivity index (χ4v) is 4.58. The molecule has 0 bridgehead atoms. The highest BCUT2D eigenvalue weighted by Gasteiger charge is 2.39. The van der Waals surface area contributed by atoms with Gasteiger partial charge in [0.15, 0.2) is 0 Å². The number of anilines is 1. The Morgan fingerprint density at radius 3 is 2.71 bits per heavy atom. The number of amides is 3. The van der Waals surface area contributed by atoms with Gasteiger partial charge in [-0.25, -0.2) is 21.9 Å². The van der Waals surface area contributed by atoms with E-state index >= 15 is 0 Å². The summed E-state index contributed by atoms with van der Waals surface area (Å²) in [5.41, 5.74) is 1.43. The number of aromatic nitrogens is 1. The molecule has 0 aliphatic carbocycles. The fourth-order valence-electron chi connectivity index (χ4n) is 2.94. The zero-order valence-corrected chi connectivity index (χ0v) is 16.3. The van der Waals surface area contributed by atoms with Gasteiger partial charge in [0.25, 0.3) is 10.0 Å². The van der Waals surface area contributed by atoms with E-state index in [9.17, 15) is 22.4 Å². The minimum atomic E-state index is -4.18. The maximum Gasteiger partial charge on any atom is 0.336 e. The molecule has 0 saturated carbocycles. The third-order valence-corrected chi connectivity index (χ3v) is 6.34. The van der Waals surface area contributed by atoms with Gasteiger partial charge in [-0.05, 0) is 44.0 Å². The van der Waals surface area contributed by atoms with Crippen molar-refractivity contribution < 1.29 is 22.4 Å². The van der Waals surface area contributed by atoms with Crippen LogP contribution in [0.5, 0.6) is 0 Å². The summed E-state index contributed by atoms with van der Waals surface area (Å²) < 4.78 is 39.5. The summed E-state index contributed by atoms with van der Waals surface area (Å²) in [6, 6.07) is 4.71. The summed E-state index contributed by atoms with van der Waals surface area (Å²) in [5.74, 6) is -1.15. The van der Waals surface area contributed by atoms with Gasteiger partial charge >= 0.3 is 6.03 Å². The van der Waals surface area contributed by atoms with E-state index in [-0.39, 0.29) is 10.6 Å². The summed E-state index contributed by atoms with van der Waals surface area (Å²) >= 11 is 0. The molecule has 1 aromatic heterocycles. The number of benzene rings is 1. The standard InChI is InChI=1S/C18H19FN4O4S/c1-10-5-4-6-14-17(10)28(26,27)23(18(25)22-14)9-16(24)21-12(3)15-7-11(2)13(19)8-20-15/h4-8,12H,9H2,1-3H3,(H,21,24)(H,22,25)/t12-/m0/s1. The predicted molar refractivity (Wildman–Crippen MR) is 99.6 cm³/mol. The van der Waals surface area contributed by atoms with Gasteiger partial charge in [0.05, 0.1) is 23.6 Å². The second-order valence-electron chi connectivity index (χ2n) is 6.54. The first-order valence-electron chi connectivity index (χ1n) is 8.46. The first kappa shape index (κ1) is 19.7. The molecule has 3 amide bonds. The van der Waals surface area contributed by atoms with Crippen LogP contribution in [0.15, 0.2) is 35.4 Å². The van der Waals surface area contributed by atoms with Gasteiger partial charge in [-0.1, -0.05) is 12.1 Å². The van der Waals surface area contributed by atoms with Gasteiger partial charge in [-0.15, -0.1) is 0 Å². The molecule has 0 radical (unpaired) electrons. The molecule has 0 fully saturated rings. The number of urea groups is 1. The third kappa shape index (κ3) is 3.55. The Labute approximate surface area is 161 Å². The molecule has 1 aromatic carbocycles. The van der Waals surface area contributed by atoms with Crippen molar-refractivity contribution in [3.8, 4) is 0 Å². The number of rotatable bonds is 4. The van der Waals surface area contributed by atoms with Crippen LogP contribution in [0, 0.1) is 19.7 Å². The molecular weight excluding hydrogens is 387 g/mol. The second-order valence-corrected chi connectivity index (χ2v) is 8.34. The summed E-state index contributed by atoms with van der Waals surface area (Å²) in [5, 5.41) is 5.06. The van der Waals surface area contributed by atoms with Crippen LogP contribution in [-0.2, 0) is 14.8 Å². The lowest BCUT2D eigenvalue weighted by molar-refractivity contribution is -0.121. The summed E-state index contributed by atoms with van der Waals surface area (Å²) in [6.45, 7) is 4.12. The monoisotopic (exact) mass is 406 g/mol. The van der Waals surface area contributed by atoms with Crippen molar-refractivity contribution in [3.05, 3.63) is 53.1 Å². The number of fused-ring (bicyclic) bond motifs is 1. The lowest BCUT2D eigenvalue weighted by atomic mass is 10.1. The maximum absolute atomic E-state index is 13.3. The Morgan fingerprint density at radius 1 is 1.32 bits per heavy atom. The van der Waals surface area contributed by atoms with Crippen LogP contribution in [0.25, 0.3) is 0 Å². The van der Waals surface area contributed by atoms with Crippen LogP contribution in [-0.4, -0.2) is 36.2 Å². The van der Waals surface area contributed by atoms with Crippen molar-refractivity contribution in [2.24, 2.45) is 0 Å². The number of pyridine rings is 1. The molecule has 2 aromatic rings. The molecule has 2 heterocycles. The molecular formula is C18H19FN4O4S. The highest BCUT2D eigenvalue weighted by atomic mass is 32.2. The number of hydrogen-bond acceptors (Lipinski definition) is 5. The van der Waals surface area contributed by atoms with Crippen LogP contribution >= 0.6 is 0 Å². The Kier molecular flexibility index (Phi) is 5.07. The Hall–Kier alpha value is -3.01. The maximum atomic E-state index is 13.3. The van der Waals surface area contributed by atoms with Gasteiger partial charge in [-0.3, -0.25) is 9.78 Å². The van der Waals surface area contributed by atoms with Crippen LogP contribution in [0.3, 0.4) is 0 Å². The number of sulfonamides is 1. The smallest absolute Gasteiger partial charge is 0.336 e. The Morgan fingerprint density at radius 2 is 2.04 bits per heavy atom. The van der Waals surface area contributed by atoms with Crippen LogP contribution in [0.4, 0.5) is 14.9 Å². The number of hydrogen-bond donors (Lipinski definition) is 2. The molecule has 0 spiro atoms. The van der Waals surface area contributed by atoms with E-state index in [2.05, 4.69) is 15.6 Å². The largest absolute Gasteiger partial charge is 0.346 e. The average Bonchev–Trinajstić information content (AvgIpc) is 2.60. The minimum Gasteiger partial charge on any atom is -0.346 e. The molecule has 148 valence electrons. The van der Waals surface area contributed by atoms with Crippen LogP contribution in [0.1, 0.15) is 29.8 Å². The van der Waals surface area contributed by atoms with E-state index in [1.165, 1.54) is 12.1 Å². The lowest BCUT2D eigenvalue weighted by Crippen LogP contribution is -2.49. The molecule has 0 unspecified atom stereocenters. The first-order chi connectivity index (χ1) is 13.1. The normalized spacial score (nSPS) is 16.1. The van der Waals surface area contributed by atoms with E-state index in [0.717, 1.165) is 6.20 Å². The number of halogens is 1. The first-order valence-corrected chi connectivity index (χ1v) is 9.90. The van der Waals surface area contributed by atoms with Gasteiger partial charge < -0.3 is 10.6 Å². The summed E-state index contributed by atoms with van der Waals surface area (Å²) in [7, 11) is -4.18. The van der Waals surface area contributed by atoms with Crippen molar-refractivity contribution >= 4 is 27.6 Å². The van der Waals surface area contributed by atoms with E-state index in [1.54, 1.807) is 32.9 Å². The van der Waals surface area contributed by atoms with Crippen molar-refractivity contribution in [1.29, 1.82) is 0 Å². The molecule has 3 rings (SSSR count). The average molecular weight is 406 g/mol. The van der Waals surface area contributed by atoms with Crippen molar-refractivity contribution in [2.45, 2.75) is 31.7 Å². The molecule has 1 aliphatic heterocycles. The Balaban J connectivity index is 1.79. The zero-order valence-electron chi connectivity index (χ0n) is 15.5. The number of aryl methyl sites for hydroxylation is 2. The molecule has 1 atom stereocenters. The topological polar surface area (TPSA) is 108 Å². The van der Waals surface area contributed by atoms with Gasteiger partial charge in [0, 0.05) is 0 Å². The SMILES string of the molecule is Cc1cc([C@H](C)NC(=O)CN2C(=O)Nc3cccc(C)c3S2(=O)=O)ncc1F. The molecule has 0 saturated heterocycles. The van der Waals surface area contributed by atoms with E-state index in [0.29, 0.717) is 21.1 Å². The van der Waals surface area contributed by atoms with Crippen LogP contribution < -0.4 is 10.6 Å². The third-order valence-electron chi connectivity index (χ3n) is 4.40. The highest BCUT2D eigenvalue weighted by Crippen LogP contribution is 2.32. The Bertz CT molecular complexity index is 1070. The quantitative estimate of drug-likeness (QED) is 0.810. The highest BCUT2D eigenvalue weighted by molar-refractivity contribution is 7.90.